The van der Waals surface area contributed by atoms with Crippen molar-refractivity contribution in [2.45, 2.75) is 17.6 Å². The van der Waals surface area contributed by atoms with Crippen LogP contribution in [0.3, 0.4) is 0 Å². The molecule has 0 saturated carbocycles. The first-order valence-electron chi connectivity index (χ1n) is 8.94. The first-order chi connectivity index (χ1) is 12.6. The van der Waals surface area contributed by atoms with Crippen LogP contribution in [0.5, 0.6) is 0 Å². The smallest absolute Gasteiger partial charge is 0.246 e. The largest absolute Gasteiger partial charge is 0.381 e. The number of aryl methyl sites for hydroxylation is 1. The summed E-state index contributed by atoms with van der Waals surface area (Å²) in [5.74, 6) is 0.863. The van der Waals surface area contributed by atoms with Crippen LogP contribution in [-0.4, -0.2) is 84.0 Å². The third-order valence-corrected chi connectivity index (χ3v) is 6.56. The molecule has 26 heavy (non-hydrogen) atoms. The van der Waals surface area contributed by atoms with E-state index in [1.807, 2.05) is 29.9 Å². The Morgan fingerprint density at radius 1 is 1.42 bits per heavy atom. The van der Waals surface area contributed by atoms with Crippen molar-refractivity contribution in [2.24, 2.45) is 12.0 Å². The first-order valence-corrected chi connectivity index (χ1v) is 10.2. The van der Waals surface area contributed by atoms with Crippen molar-refractivity contribution in [2.75, 3.05) is 57.6 Å². The number of thioether (sulfide) groups is 1. The van der Waals surface area contributed by atoms with E-state index in [-0.39, 0.29) is 10.7 Å². The Kier molecular flexibility index (Phi) is 6.08. The summed E-state index contributed by atoms with van der Waals surface area (Å²) in [5.41, 5.74) is 0.851. The molecule has 2 saturated heterocycles. The Bertz CT molecular complexity index is 655. The normalized spacial score (nSPS) is 21.2. The molecule has 9 heteroatoms. The summed E-state index contributed by atoms with van der Waals surface area (Å²) >= 11 is 1.89. The highest BCUT2D eigenvalue weighted by atomic mass is 32.2. The fraction of sp³-hybridized carbons (Fsp3) is 0.706. The average molecular weight is 381 g/mol. The molecule has 2 aliphatic heterocycles. The van der Waals surface area contributed by atoms with Gasteiger partial charge in [-0.1, -0.05) is 0 Å². The van der Waals surface area contributed by atoms with Gasteiger partial charge in [0.15, 0.2) is 5.96 Å². The van der Waals surface area contributed by atoms with Crippen LogP contribution in [-0.2, 0) is 16.6 Å². The highest BCUT2D eigenvalue weighted by molar-refractivity contribution is 8.00. The molecular formula is C17H28N6O2S. The lowest BCUT2D eigenvalue weighted by Gasteiger charge is -2.39. The van der Waals surface area contributed by atoms with Crippen molar-refractivity contribution in [1.82, 2.24) is 20.0 Å². The van der Waals surface area contributed by atoms with Crippen LogP contribution in [0.15, 0.2) is 17.4 Å². The molecule has 0 aromatic carbocycles. The number of hydrogen-bond donors (Lipinski definition) is 1. The van der Waals surface area contributed by atoms with Gasteiger partial charge in [0, 0.05) is 57.9 Å². The van der Waals surface area contributed by atoms with Crippen LogP contribution in [0.1, 0.15) is 12.8 Å². The van der Waals surface area contributed by atoms with Crippen LogP contribution < -0.4 is 10.2 Å². The SMILES string of the molecule is CN=C(NCC1(SC)CCOCC1)N1CCN(c2cnn(C)c2)C(=O)C1. The van der Waals surface area contributed by atoms with Crippen LogP contribution in [0.2, 0.25) is 0 Å². The molecule has 2 aliphatic rings. The van der Waals surface area contributed by atoms with Crippen molar-refractivity contribution in [3.05, 3.63) is 12.4 Å². The number of nitrogens with one attached hydrogen (secondary N) is 1. The average Bonchev–Trinajstić information content (AvgIpc) is 3.09. The molecule has 0 bridgehead atoms. The number of aliphatic imine (C=N–C) groups is 1. The Labute approximate surface area is 158 Å². The maximum absolute atomic E-state index is 12.6. The van der Waals surface area contributed by atoms with E-state index in [0.717, 1.165) is 50.8 Å². The zero-order chi connectivity index (χ0) is 18.6. The predicted molar refractivity (Wildman–Crippen MR) is 105 cm³/mol. The minimum Gasteiger partial charge on any atom is -0.381 e. The first kappa shape index (κ1) is 19.0. The Morgan fingerprint density at radius 2 is 2.19 bits per heavy atom. The molecule has 0 unspecified atom stereocenters. The molecule has 0 radical (unpaired) electrons. The van der Waals surface area contributed by atoms with Crippen LogP contribution in [0.25, 0.3) is 0 Å². The molecule has 0 atom stereocenters. The van der Waals surface area contributed by atoms with Gasteiger partial charge in [0.1, 0.15) is 6.54 Å². The van der Waals surface area contributed by atoms with Crippen molar-refractivity contribution < 1.29 is 9.53 Å². The summed E-state index contributed by atoms with van der Waals surface area (Å²) in [4.78, 5) is 20.8. The van der Waals surface area contributed by atoms with Gasteiger partial charge in [-0.15, -0.1) is 0 Å². The summed E-state index contributed by atoms with van der Waals surface area (Å²) in [6.07, 6.45) is 7.83. The van der Waals surface area contributed by atoms with Gasteiger partial charge in [-0.05, 0) is 19.1 Å². The number of hydrogen-bond acceptors (Lipinski definition) is 5. The van der Waals surface area contributed by atoms with Gasteiger partial charge in [0.25, 0.3) is 0 Å². The van der Waals surface area contributed by atoms with Gasteiger partial charge in [-0.2, -0.15) is 16.9 Å². The molecule has 1 amide bonds. The molecule has 1 N–H and O–H groups in total. The Morgan fingerprint density at radius 3 is 2.77 bits per heavy atom. The van der Waals surface area contributed by atoms with E-state index in [4.69, 9.17) is 4.74 Å². The van der Waals surface area contributed by atoms with E-state index >= 15 is 0 Å². The van der Waals surface area contributed by atoms with E-state index in [9.17, 15) is 4.79 Å². The summed E-state index contributed by atoms with van der Waals surface area (Å²) in [6.45, 7) is 4.15. The topological polar surface area (TPSA) is 75.0 Å². The molecule has 2 fully saturated rings. The molecule has 144 valence electrons. The second-order valence-electron chi connectivity index (χ2n) is 6.74. The second-order valence-corrected chi connectivity index (χ2v) is 8.01. The lowest BCUT2D eigenvalue weighted by Crippen LogP contribution is -2.57. The van der Waals surface area contributed by atoms with Gasteiger partial charge in [-0.3, -0.25) is 14.5 Å². The second kappa shape index (κ2) is 8.30. The number of carbonyl (C=O) groups is 1. The number of amides is 1. The monoisotopic (exact) mass is 380 g/mol. The lowest BCUT2D eigenvalue weighted by molar-refractivity contribution is -0.120. The van der Waals surface area contributed by atoms with Gasteiger partial charge in [0.05, 0.1) is 11.9 Å². The molecule has 0 aliphatic carbocycles. The number of piperazine rings is 1. The molecule has 8 nitrogen and oxygen atoms in total. The minimum absolute atomic E-state index is 0.0675. The van der Waals surface area contributed by atoms with Crippen molar-refractivity contribution in [1.29, 1.82) is 0 Å². The maximum atomic E-state index is 12.6. The molecule has 3 rings (SSSR count). The molecular weight excluding hydrogens is 352 g/mol. The van der Waals surface area contributed by atoms with Gasteiger partial charge >= 0.3 is 0 Å². The highest BCUT2D eigenvalue weighted by Crippen LogP contribution is 2.33. The fourth-order valence-electron chi connectivity index (χ4n) is 3.44. The highest BCUT2D eigenvalue weighted by Gasteiger charge is 2.33. The number of carbonyl (C=O) groups excluding carboxylic acids is 1. The van der Waals surface area contributed by atoms with E-state index in [2.05, 4.69) is 21.7 Å². The maximum Gasteiger partial charge on any atom is 0.246 e. The molecule has 3 heterocycles. The quantitative estimate of drug-likeness (QED) is 0.608. The van der Waals surface area contributed by atoms with E-state index in [1.54, 1.807) is 22.8 Å². The van der Waals surface area contributed by atoms with E-state index < -0.39 is 0 Å². The predicted octanol–water partition coefficient (Wildman–Crippen LogP) is 0.556. The number of aromatic nitrogens is 2. The van der Waals surface area contributed by atoms with E-state index in [0.29, 0.717) is 13.1 Å². The Balaban J connectivity index is 1.58. The molecule has 1 aromatic heterocycles. The number of nitrogens with zero attached hydrogens (tertiary/aromatic N) is 5. The van der Waals surface area contributed by atoms with Crippen LogP contribution in [0.4, 0.5) is 5.69 Å². The van der Waals surface area contributed by atoms with E-state index in [1.165, 1.54) is 0 Å². The lowest BCUT2D eigenvalue weighted by atomic mass is 9.99. The fourth-order valence-corrected chi connectivity index (χ4v) is 4.23. The zero-order valence-electron chi connectivity index (χ0n) is 15.8. The van der Waals surface area contributed by atoms with Crippen LogP contribution >= 0.6 is 11.8 Å². The van der Waals surface area contributed by atoms with Gasteiger partial charge in [0.2, 0.25) is 5.91 Å². The number of anilines is 1. The Hall–Kier alpha value is -1.74. The standard InChI is InChI=1S/C17H28N6O2S/c1-18-16(19-13-17(26-3)4-8-25-9-5-17)22-6-7-23(15(24)12-22)14-10-20-21(2)11-14/h10-11H,4-9,12-13H2,1-3H3,(H,18,19). The number of rotatable bonds is 4. The number of ether oxygens (including phenoxy) is 1. The molecule has 0 spiro atoms. The minimum atomic E-state index is 0.0675. The van der Waals surface area contributed by atoms with Gasteiger partial charge < -0.3 is 19.9 Å². The summed E-state index contributed by atoms with van der Waals surface area (Å²) in [7, 11) is 3.63. The number of guanidine groups is 1. The van der Waals surface area contributed by atoms with Gasteiger partial charge in [-0.25, -0.2) is 0 Å². The van der Waals surface area contributed by atoms with Crippen molar-refractivity contribution in [3.63, 3.8) is 0 Å². The summed E-state index contributed by atoms with van der Waals surface area (Å²) < 4.78 is 7.40. The zero-order valence-corrected chi connectivity index (χ0v) is 16.6. The summed E-state index contributed by atoms with van der Waals surface area (Å²) in [6, 6.07) is 0. The van der Waals surface area contributed by atoms with Crippen molar-refractivity contribution in [3.8, 4) is 0 Å². The molecule has 1 aromatic rings. The van der Waals surface area contributed by atoms with Crippen molar-refractivity contribution >= 4 is 29.3 Å². The summed E-state index contributed by atoms with van der Waals surface area (Å²) in [5, 5.41) is 7.65. The third-order valence-electron chi connectivity index (χ3n) is 5.14. The van der Waals surface area contributed by atoms with Crippen LogP contribution in [0, 0.1) is 0 Å². The third kappa shape index (κ3) is 4.15.